The van der Waals surface area contributed by atoms with Gasteiger partial charge in [-0.3, -0.25) is 9.69 Å². The molecule has 0 bridgehead atoms. The Morgan fingerprint density at radius 2 is 2.08 bits per heavy atom. The van der Waals surface area contributed by atoms with E-state index in [2.05, 4.69) is 50.1 Å². The van der Waals surface area contributed by atoms with Crippen molar-refractivity contribution in [1.29, 1.82) is 0 Å². The van der Waals surface area contributed by atoms with Gasteiger partial charge in [-0.15, -0.1) is 0 Å². The van der Waals surface area contributed by atoms with E-state index in [-0.39, 0.29) is 11.7 Å². The van der Waals surface area contributed by atoms with Crippen LogP contribution >= 0.6 is 15.9 Å². The van der Waals surface area contributed by atoms with Crippen LogP contribution in [0.4, 0.5) is 0 Å². The molecule has 1 saturated heterocycles. The minimum atomic E-state index is 0.0198. The maximum atomic E-state index is 11.9. The van der Waals surface area contributed by atoms with Gasteiger partial charge in [-0.2, -0.15) is 0 Å². The van der Waals surface area contributed by atoms with Gasteiger partial charge in [0.15, 0.2) is 0 Å². The highest BCUT2D eigenvalue weighted by Crippen LogP contribution is 2.25. The summed E-state index contributed by atoms with van der Waals surface area (Å²) in [7, 11) is 0. The molecule has 2 aromatic rings. The summed E-state index contributed by atoms with van der Waals surface area (Å²) in [6.45, 7) is 3.29. The SMILES string of the molecule is O=C(CCCC1CCN(Cc2ccccc2Br)CC1)c1ncco1. The molecule has 4 nitrogen and oxygen atoms in total. The number of carbonyl (C=O) groups is 1. The molecule has 24 heavy (non-hydrogen) atoms. The predicted octanol–water partition coefficient (Wildman–Crippen LogP) is 4.70. The van der Waals surface area contributed by atoms with Crippen LogP contribution in [-0.4, -0.2) is 28.8 Å². The second kappa shape index (κ2) is 8.58. The van der Waals surface area contributed by atoms with Crippen LogP contribution in [0.1, 0.15) is 48.4 Å². The third-order valence-electron chi connectivity index (χ3n) is 4.75. The van der Waals surface area contributed by atoms with E-state index < -0.39 is 0 Å². The topological polar surface area (TPSA) is 46.3 Å². The van der Waals surface area contributed by atoms with Gasteiger partial charge in [0, 0.05) is 17.4 Å². The van der Waals surface area contributed by atoms with Crippen molar-refractivity contribution in [2.75, 3.05) is 13.1 Å². The molecule has 1 aliphatic rings. The summed E-state index contributed by atoms with van der Waals surface area (Å²) in [5, 5.41) is 0. The second-order valence-corrected chi connectivity index (χ2v) is 7.32. The van der Waals surface area contributed by atoms with Crippen molar-refractivity contribution in [1.82, 2.24) is 9.88 Å². The van der Waals surface area contributed by atoms with Crippen molar-refractivity contribution in [2.24, 2.45) is 5.92 Å². The zero-order valence-electron chi connectivity index (χ0n) is 13.8. The molecule has 1 aromatic carbocycles. The van der Waals surface area contributed by atoms with Gasteiger partial charge in [-0.25, -0.2) is 4.98 Å². The maximum Gasteiger partial charge on any atom is 0.263 e. The fourth-order valence-electron chi connectivity index (χ4n) is 3.32. The summed E-state index contributed by atoms with van der Waals surface area (Å²) < 4.78 is 6.24. The molecule has 0 aliphatic carbocycles. The minimum absolute atomic E-state index is 0.0198. The molecular weight excluding hydrogens is 368 g/mol. The van der Waals surface area contributed by atoms with Gasteiger partial charge >= 0.3 is 0 Å². The number of oxazole rings is 1. The van der Waals surface area contributed by atoms with Crippen molar-refractivity contribution in [3.63, 3.8) is 0 Å². The third-order valence-corrected chi connectivity index (χ3v) is 5.52. The van der Waals surface area contributed by atoms with E-state index >= 15 is 0 Å². The number of hydrogen-bond donors (Lipinski definition) is 0. The fraction of sp³-hybridized carbons (Fsp3) is 0.474. The lowest BCUT2D eigenvalue weighted by Crippen LogP contribution is -2.33. The van der Waals surface area contributed by atoms with Crippen LogP contribution in [0.25, 0.3) is 0 Å². The average molecular weight is 391 g/mol. The largest absolute Gasteiger partial charge is 0.442 e. The molecule has 0 radical (unpaired) electrons. The predicted molar refractivity (Wildman–Crippen MR) is 96.8 cm³/mol. The Kier molecular flexibility index (Phi) is 6.21. The quantitative estimate of drug-likeness (QED) is 0.642. The number of Topliss-reactive ketones (excluding diaryl/α,β-unsaturated/α-hetero) is 1. The lowest BCUT2D eigenvalue weighted by Gasteiger charge is -2.32. The Labute approximate surface area is 151 Å². The average Bonchev–Trinajstić information content (AvgIpc) is 3.13. The van der Waals surface area contributed by atoms with E-state index in [1.807, 2.05) is 0 Å². The molecular formula is C19H23BrN2O2. The van der Waals surface area contributed by atoms with Crippen LogP contribution < -0.4 is 0 Å². The smallest absolute Gasteiger partial charge is 0.263 e. The fourth-order valence-corrected chi connectivity index (χ4v) is 3.73. The molecule has 5 heteroatoms. The monoisotopic (exact) mass is 390 g/mol. The first kappa shape index (κ1) is 17.4. The first-order valence-corrected chi connectivity index (χ1v) is 9.40. The summed E-state index contributed by atoms with van der Waals surface area (Å²) in [4.78, 5) is 18.3. The Balaban J connectivity index is 1.36. The third kappa shape index (κ3) is 4.77. The number of benzene rings is 1. The number of piperidine rings is 1. The Morgan fingerprint density at radius 3 is 2.79 bits per heavy atom. The number of rotatable bonds is 7. The lowest BCUT2D eigenvalue weighted by atomic mass is 9.91. The normalized spacial score (nSPS) is 16.4. The van der Waals surface area contributed by atoms with Gasteiger partial charge in [0.1, 0.15) is 6.26 Å². The second-order valence-electron chi connectivity index (χ2n) is 6.46. The molecule has 0 unspecified atom stereocenters. The molecule has 1 aromatic heterocycles. The van der Waals surface area contributed by atoms with E-state index in [0.29, 0.717) is 6.42 Å². The highest BCUT2D eigenvalue weighted by Gasteiger charge is 2.20. The van der Waals surface area contributed by atoms with Crippen molar-refractivity contribution < 1.29 is 9.21 Å². The van der Waals surface area contributed by atoms with Gasteiger partial charge in [0.25, 0.3) is 5.89 Å². The molecule has 3 rings (SSSR count). The minimum Gasteiger partial charge on any atom is -0.442 e. The Bertz CT molecular complexity index is 649. The standard InChI is InChI=1S/C19H23BrN2O2/c20-17-6-2-1-5-16(17)14-22-11-8-15(9-12-22)4-3-7-18(23)19-21-10-13-24-19/h1-2,5-6,10,13,15H,3-4,7-9,11-12,14H2. The number of hydrogen-bond acceptors (Lipinski definition) is 4. The van der Waals surface area contributed by atoms with Crippen molar-refractivity contribution in [3.8, 4) is 0 Å². The molecule has 1 aliphatic heterocycles. The number of halogens is 1. The molecule has 0 amide bonds. The highest BCUT2D eigenvalue weighted by molar-refractivity contribution is 9.10. The molecule has 0 atom stereocenters. The summed E-state index contributed by atoms with van der Waals surface area (Å²) in [6, 6.07) is 8.44. The van der Waals surface area contributed by atoms with Crippen LogP contribution in [-0.2, 0) is 6.54 Å². The Morgan fingerprint density at radius 1 is 1.29 bits per heavy atom. The summed E-state index contributed by atoms with van der Waals surface area (Å²) in [6.07, 6.45) is 8.00. The summed E-state index contributed by atoms with van der Waals surface area (Å²) >= 11 is 3.63. The van der Waals surface area contributed by atoms with Crippen LogP contribution in [0.3, 0.4) is 0 Å². The van der Waals surface area contributed by atoms with Crippen LogP contribution in [0.5, 0.6) is 0 Å². The van der Waals surface area contributed by atoms with Crippen LogP contribution in [0.15, 0.2) is 45.6 Å². The number of nitrogens with zero attached hydrogens (tertiary/aromatic N) is 2. The molecule has 1 fully saturated rings. The van der Waals surface area contributed by atoms with Crippen molar-refractivity contribution in [3.05, 3.63) is 52.7 Å². The number of aromatic nitrogens is 1. The van der Waals surface area contributed by atoms with Gasteiger partial charge in [-0.1, -0.05) is 34.1 Å². The zero-order chi connectivity index (χ0) is 16.8. The van der Waals surface area contributed by atoms with Crippen molar-refractivity contribution in [2.45, 2.75) is 38.6 Å². The molecule has 0 spiro atoms. The van der Waals surface area contributed by atoms with Gasteiger partial charge in [0.2, 0.25) is 5.78 Å². The number of carbonyl (C=O) groups excluding carboxylic acids is 1. The highest BCUT2D eigenvalue weighted by atomic mass is 79.9. The van der Waals surface area contributed by atoms with Crippen molar-refractivity contribution >= 4 is 21.7 Å². The van der Waals surface area contributed by atoms with E-state index in [9.17, 15) is 4.79 Å². The van der Waals surface area contributed by atoms with Gasteiger partial charge < -0.3 is 4.42 Å². The molecule has 128 valence electrons. The summed E-state index contributed by atoms with van der Waals surface area (Å²) in [5.74, 6) is 1.00. The van der Waals surface area contributed by atoms with Gasteiger partial charge in [0.05, 0.1) is 6.20 Å². The van der Waals surface area contributed by atoms with E-state index in [0.717, 1.165) is 38.4 Å². The van der Waals surface area contributed by atoms with E-state index in [4.69, 9.17) is 4.42 Å². The lowest BCUT2D eigenvalue weighted by molar-refractivity contribution is 0.0940. The number of ketones is 1. The first-order valence-electron chi connectivity index (χ1n) is 8.61. The van der Waals surface area contributed by atoms with Crippen LogP contribution in [0.2, 0.25) is 0 Å². The molecule has 2 heterocycles. The van der Waals surface area contributed by atoms with E-state index in [1.54, 1.807) is 0 Å². The maximum absolute atomic E-state index is 11.9. The van der Waals surface area contributed by atoms with Gasteiger partial charge in [-0.05, 0) is 56.3 Å². The number of likely N-dealkylation sites (tertiary alicyclic amines) is 1. The summed E-state index contributed by atoms with van der Waals surface area (Å²) in [5.41, 5.74) is 1.35. The Hall–Kier alpha value is -1.46. The molecule has 0 N–H and O–H groups in total. The van der Waals surface area contributed by atoms with E-state index in [1.165, 1.54) is 35.3 Å². The molecule has 0 saturated carbocycles. The first-order chi connectivity index (χ1) is 11.7. The zero-order valence-corrected chi connectivity index (χ0v) is 15.4. The van der Waals surface area contributed by atoms with Crippen LogP contribution in [0, 0.1) is 5.92 Å².